The van der Waals surface area contributed by atoms with Crippen LogP contribution in [0.4, 0.5) is 0 Å². The topological polar surface area (TPSA) is 58.7 Å². The van der Waals surface area contributed by atoms with E-state index in [1.54, 1.807) is 0 Å². The summed E-state index contributed by atoms with van der Waals surface area (Å²) in [7, 11) is 1.43. The van der Waals surface area contributed by atoms with Crippen molar-refractivity contribution in [2.75, 3.05) is 26.9 Å². The number of hydrogen-bond donors (Lipinski definition) is 0. The highest BCUT2D eigenvalue weighted by Crippen LogP contribution is 2.30. The lowest BCUT2D eigenvalue weighted by atomic mass is 9.84. The third-order valence-electron chi connectivity index (χ3n) is 3.20. The van der Waals surface area contributed by atoms with E-state index in [4.69, 9.17) is 9.57 Å². The second kappa shape index (κ2) is 4.47. The van der Waals surface area contributed by atoms with Crippen molar-refractivity contribution in [3.8, 4) is 0 Å². The first kappa shape index (κ1) is 10.9. The van der Waals surface area contributed by atoms with Gasteiger partial charge in [-0.25, -0.2) is 10.2 Å². The Morgan fingerprint density at radius 2 is 2.33 bits per heavy atom. The maximum absolute atomic E-state index is 11.9. The first-order chi connectivity index (χ1) is 7.22. The molecule has 5 nitrogen and oxygen atoms in total. The highest BCUT2D eigenvalue weighted by Gasteiger charge is 2.40. The molecule has 5 heteroatoms. The van der Waals surface area contributed by atoms with Crippen LogP contribution in [0, 0.1) is 11.8 Å². The monoisotopic (exact) mass is 214 g/mol. The van der Waals surface area contributed by atoms with Crippen LogP contribution in [0.3, 0.4) is 0 Å². The summed E-state index contributed by atoms with van der Waals surface area (Å²) in [5, 5.41) is 12.7. The molecule has 2 heterocycles. The lowest BCUT2D eigenvalue weighted by Gasteiger charge is -2.34. The van der Waals surface area contributed by atoms with Crippen molar-refractivity contribution in [2.24, 2.45) is 11.8 Å². The molecule has 2 aliphatic rings. The molecule has 1 amide bonds. The van der Waals surface area contributed by atoms with Gasteiger partial charge in [-0.3, -0.25) is 9.63 Å². The van der Waals surface area contributed by atoms with Crippen molar-refractivity contribution < 1.29 is 19.5 Å². The van der Waals surface area contributed by atoms with Crippen LogP contribution in [-0.2, 0) is 19.5 Å². The van der Waals surface area contributed by atoms with Gasteiger partial charge in [0.2, 0.25) is 5.91 Å². The van der Waals surface area contributed by atoms with Crippen LogP contribution in [0.1, 0.15) is 12.8 Å². The molecular weight excluding hydrogens is 198 g/mol. The fraction of sp³-hybridized carbons (Fsp3) is 0.900. The molecule has 0 N–H and O–H groups in total. The zero-order valence-electron chi connectivity index (χ0n) is 8.85. The number of hydroxylamine groups is 2. The summed E-state index contributed by atoms with van der Waals surface area (Å²) in [6.45, 7) is 1.46. The van der Waals surface area contributed by atoms with Crippen LogP contribution in [0.25, 0.3) is 0 Å². The van der Waals surface area contributed by atoms with Gasteiger partial charge < -0.3 is 4.74 Å². The summed E-state index contributed by atoms with van der Waals surface area (Å²) < 4.78 is 5.25. The minimum Gasteiger partial charge on any atom is -0.381 e. The van der Waals surface area contributed by atoms with Gasteiger partial charge in [0.05, 0.1) is 20.3 Å². The third-order valence-corrected chi connectivity index (χ3v) is 3.20. The van der Waals surface area contributed by atoms with Gasteiger partial charge in [-0.15, -0.1) is 0 Å². The Morgan fingerprint density at radius 1 is 1.53 bits per heavy atom. The zero-order chi connectivity index (χ0) is 10.8. The molecule has 15 heavy (non-hydrogen) atoms. The van der Waals surface area contributed by atoms with Crippen molar-refractivity contribution in [2.45, 2.75) is 18.9 Å². The van der Waals surface area contributed by atoms with E-state index in [1.807, 2.05) is 0 Å². The molecule has 2 rings (SSSR count). The van der Waals surface area contributed by atoms with E-state index in [2.05, 4.69) is 0 Å². The number of nitrogens with zero attached hydrogens (tertiary/aromatic N) is 1. The molecule has 2 saturated heterocycles. The highest BCUT2D eigenvalue weighted by molar-refractivity contribution is 5.79. The fourth-order valence-corrected chi connectivity index (χ4v) is 2.35. The first-order valence-corrected chi connectivity index (χ1v) is 5.31. The number of rotatable bonds is 2. The Bertz CT molecular complexity index is 240. The molecule has 3 atom stereocenters. The van der Waals surface area contributed by atoms with Crippen molar-refractivity contribution >= 4 is 5.91 Å². The van der Waals surface area contributed by atoms with E-state index in [1.165, 1.54) is 12.2 Å². The average molecular weight is 214 g/mol. The number of ether oxygens (including phenoxy) is 1. The lowest BCUT2D eigenvalue weighted by Crippen LogP contribution is -2.48. The minimum atomic E-state index is -0.728. The van der Waals surface area contributed by atoms with Gasteiger partial charge >= 0.3 is 0 Å². The molecule has 2 aliphatic heterocycles. The van der Waals surface area contributed by atoms with Crippen LogP contribution in [0.2, 0.25) is 0 Å². The predicted octanol–water partition coefficient (Wildman–Crippen LogP) is 0.232. The fourth-order valence-electron chi connectivity index (χ4n) is 2.35. The van der Waals surface area contributed by atoms with E-state index < -0.39 is 6.10 Å². The molecule has 0 aromatic heterocycles. The highest BCUT2D eigenvalue weighted by atomic mass is 16.7. The van der Waals surface area contributed by atoms with Gasteiger partial charge in [0.1, 0.15) is 6.10 Å². The second-order valence-corrected chi connectivity index (χ2v) is 4.17. The van der Waals surface area contributed by atoms with Crippen LogP contribution in [0.5, 0.6) is 0 Å². The van der Waals surface area contributed by atoms with E-state index in [0.717, 1.165) is 6.42 Å². The average Bonchev–Trinajstić information content (AvgIpc) is 2.74. The predicted molar refractivity (Wildman–Crippen MR) is 50.2 cm³/mol. The molecular formula is C10H16NO4. The largest absolute Gasteiger partial charge is 0.381 e. The molecule has 1 radical (unpaired) electrons. The summed E-state index contributed by atoms with van der Waals surface area (Å²) >= 11 is 0. The molecule has 0 spiro atoms. The van der Waals surface area contributed by atoms with E-state index in [-0.39, 0.29) is 24.3 Å². The van der Waals surface area contributed by atoms with E-state index in [9.17, 15) is 9.90 Å². The normalized spacial score (nSPS) is 37.3. The summed E-state index contributed by atoms with van der Waals surface area (Å²) in [5.74, 6) is -0.0595. The van der Waals surface area contributed by atoms with E-state index >= 15 is 0 Å². The zero-order valence-corrected chi connectivity index (χ0v) is 8.85. The molecule has 0 aliphatic carbocycles. The maximum atomic E-state index is 11.9. The van der Waals surface area contributed by atoms with Crippen LogP contribution in [0.15, 0.2) is 0 Å². The Hall–Kier alpha value is -0.650. The summed E-state index contributed by atoms with van der Waals surface area (Å²) in [5.41, 5.74) is 0. The molecule has 85 valence electrons. The standard InChI is InChI=1S/C10H16NO4/c1-14-11-5-8(12)4-9(10(11)13)7-2-3-15-6-7/h7-9H,2-6H2,1H3. The Balaban J connectivity index is 2.05. The quantitative estimate of drug-likeness (QED) is 0.661. The van der Waals surface area contributed by atoms with Gasteiger partial charge in [-0.2, -0.15) is 0 Å². The molecule has 2 fully saturated rings. The molecule has 0 bridgehead atoms. The Labute approximate surface area is 88.9 Å². The van der Waals surface area contributed by atoms with E-state index in [0.29, 0.717) is 19.6 Å². The van der Waals surface area contributed by atoms with Crippen molar-refractivity contribution in [1.29, 1.82) is 0 Å². The lowest BCUT2D eigenvalue weighted by molar-refractivity contribution is -0.203. The van der Waals surface area contributed by atoms with Crippen LogP contribution < -0.4 is 0 Å². The number of hydrogen-bond acceptors (Lipinski definition) is 3. The summed E-state index contributed by atoms with van der Waals surface area (Å²) in [4.78, 5) is 16.8. The molecule has 3 unspecified atom stereocenters. The molecule has 0 aromatic rings. The SMILES string of the molecule is CON1CC([O])CC(C2CCOC2)C1=O. The first-order valence-electron chi connectivity index (χ1n) is 5.31. The molecule has 0 aromatic carbocycles. The number of carbonyl (C=O) groups is 1. The maximum Gasteiger partial charge on any atom is 0.249 e. The van der Waals surface area contributed by atoms with Gasteiger partial charge in [0.15, 0.2) is 0 Å². The number of carbonyl (C=O) groups excluding carboxylic acids is 1. The van der Waals surface area contributed by atoms with Crippen LogP contribution in [-0.4, -0.2) is 43.9 Å². The van der Waals surface area contributed by atoms with Gasteiger partial charge in [0.25, 0.3) is 0 Å². The Kier molecular flexibility index (Phi) is 3.23. The minimum absolute atomic E-state index is 0.0555. The van der Waals surface area contributed by atoms with Gasteiger partial charge in [0, 0.05) is 12.5 Å². The second-order valence-electron chi connectivity index (χ2n) is 4.17. The third kappa shape index (κ3) is 2.14. The Morgan fingerprint density at radius 3 is 2.93 bits per heavy atom. The van der Waals surface area contributed by atoms with Crippen molar-refractivity contribution in [3.63, 3.8) is 0 Å². The number of piperidine rings is 1. The summed E-state index contributed by atoms with van der Waals surface area (Å²) in [6, 6.07) is 0. The van der Waals surface area contributed by atoms with Gasteiger partial charge in [-0.1, -0.05) is 0 Å². The van der Waals surface area contributed by atoms with Crippen molar-refractivity contribution in [3.05, 3.63) is 0 Å². The summed E-state index contributed by atoms with van der Waals surface area (Å²) in [6.07, 6.45) is 0.571. The van der Waals surface area contributed by atoms with Gasteiger partial charge in [-0.05, 0) is 18.8 Å². The number of amides is 1. The molecule has 0 saturated carbocycles. The smallest absolute Gasteiger partial charge is 0.249 e. The van der Waals surface area contributed by atoms with Crippen LogP contribution >= 0.6 is 0 Å². The van der Waals surface area contributed by atoms with Crippen molar-refractivity contribution in [1.82, 2.24) is 5.06 Å².